The van der Waals surface area contributed by atoms with Crippen molar-refractivity contribution in [3.05, 3.63) is 59.9 Å². The summed E-state index contributed by atoms with van der Waals surface area (Å²) in [5, 5.41) is 16.0. The lowest BCUT2D eigenvalue weighted by atomic mass is 9.89. The average molecular weight is 544 g/mol. The van der Waals surface area contributed by atoms with E-state index in [2.05, 4.69) is 60.8 Å². The van der Waals surface area contributed by atoms with Gasteiger partial charge in [-0.25, -0.2) is 14.4 Å². The molecule has 3 aliphatic heterocycles. The third-order valence-electron chi connectivity index (χ3n) is 8.01. The fourth-order valence-electron chi connectivity index (χ4n) is 5.62. The number of rotatable bonds is 8. The molecule has 3 saturated heterocycles. The van der Waals surface area contributed by atoms with Crippen molar-refractivity contribution in [2.24, 2.45) is 5.92 Å². The molecule has 0 amide bonds. The maximum atomic E-state index is 14.2. The molecule has 208 valence electrons. The zero-order chi connectivity index (χ0) is 27.3. The molecule has 2 atom stereocenters. The smallest absolute Gasteiger partial charge is 0.230 e. The van der Waals surface area contributed by atoms with Gasteiger partial charge in [0, 0.05) is 30.3 Å². The summed E-state index contributed by atoms with van der Waals surface area (Å²) < 4.78 is 25.4. The number of ether oxygens (including phenoxy) is 2. The van der Waals surface area contributed by atoms with E-state index < -0.39 is 12.3 Å². The van der Waals surface area contributed by atoms with Crippen molar-refractivity contribution < 1.29 is 13.9 Å². The highest BCUT2D eigenvalue weighted by Gasteiger charge is 2.28. The van der Waals surface area contributed by atoms with E-state index in [0.29, 0.717) is 53.5 Å². The van der Waals surface area contributed by atoms with Crippen LogP contribution in [0.15, 0.2) is 48.8 Å². The molecule has 0 aliphatic carbocycles. The van der Waals surface area contributed by atoms with Gasteiger partial charge in [-0.1, -0.05) is 12.1 Å². The molecule has 3 aromatic rings. The first-order valence-electron chi connectivity index (χ1n) is 14.1. The summed E-state index contributed by atoms with van der Waals surface area (Å²) in [6.45, 7) is 6.22. The van der Waals surface area contributed by atoms with E-state index in [-0.39, 0.29) is 6.54 Å². The molecular weight excluding hydrogens is 509 g/mol. The quantitative estimate of drug-likeness (QED) is 0.435. The minimum absolute atomic E-state index is 0.254. The predicted octanol–water partition coefficient (Wildman–Crippen LogP) is 4.06. The van der Waals surface area contributed by atoms with Gasteiger partial charge in [0.25, 0.3) is 0 Å². The van der Waals surface area contributed by atoms with Gasteiger partial charge < -0.3 is 25.0 Å². The first-order valence-corrected chi connectivity index (χ1v) is 14.1. The number of nitrogens with zero attached hydrogens (tertiary/aromatic N) is 5. The summed E-state index contributed by atoms with van der Waals surface area (Å²) in [5.41, 5.74) is 3.23. The van der Waals surface area contributed by atoms with E-state index in [1.165, 1.54) is 24.7 Å². The summed E-state index contributed by atoms with van der Waals surface area (Å²) in [5.74, 6) is 2.52. The Morgan fingerprint density at radius 2 is 1.93 bits per heavy atom. The summed E-state index contributed by atoms with van der Waals surface area (Å²) in [6.07, 6.45) is 2.67. The van der Waals surface area contributed by atoms with Crippen LogP contribution in [0.1, 0.15) is 36.3 Å². The Bertz CT molecular complexity index is 1340. The number of anilines is 2. The Kier molecular flexibility index (Phi) is 8.14. The Labute approximate surface area is 233 Å². The van der Waals surface area contributed by atoms with Crippen molar-refractivity contribution in [3.8, 4) is 23.2 Å². The van der Waals surface area contributed by atoms with Gasteiger partial charge in [0.15, 0.2) is 5.82 Å². The monoisotopic (exact) mass is 543 g/mol. The van der Waals surface area contributed by atoms with E-state index in [0.717, 1.165) is 38.5 Å². The van der Waals surface area contributed by atoms with Crippen LogP contribution in [0.4, 0.5) is 16.0 Å². The van der Waals surface area contributed by atoms with Crippen LogP contribution in [0.5, 0.6) is 5.75 Å². The molecule has 3 fully saturated rings. The number of nitriles is 1. The molecule has 6 rings (SSSR count). The number of halogens is 1. The van der Waals surface area contributed by atoms with Crippen molar-refractivity contribution in [1.29, 1.82) is 5.26 Å². The second-order valence-corrected chi connectivity index (χ2v) is 10.8. The van der Waals surface area contributed by atoms with E-state index >= 15 is 0 Å². The standard InChI is InChI=1S/C30H34FN7O2/c31-26-15-33-10-7-28(26)40-27-6-3-23(13-24(27)14-32)29-34-19-35-30(37-29)36-25-4-1-21(2-5-25)22-8-11-38(12-9-22)16-20-17-39-18-20/h1-6,13,19-20,22,26,28,33H,7-12,15-18H2,(H,34,35,36,37)/t26-,28+/m1/s1. The van der Waals surface area contributed by atoms with Gasteiger partial charge in [0.05, 0.1) is 18.8 Å². The lowest BCUT2D eigenvalue weighted by molar-refractivity contribution is -0.0487. The van der Waals surface area contributed by atoms with Crippen LogP contribution >= 0.6 is 0 Å². The molecule has 3 aliphatic rings. The summed E-state index contributed by atoms with van der Waals surface area (Å²) in [7, 11) is 0. The van der Waals surface area contributed by atoms with Crippen LogP contribution in [0.2, 0.25) is 0 Å². The molecule has 0 spiro atoms. The molecule has 10 heteroatoms. The van der Waals surface area contributed by atoms with E-state index in [1.54, 1.807) is 18.2 Å². The normalized spacial score (nSPS) is 22.3. The number of likely N-dealkylation sites (tertiary alicyclic amines) is 1. The highest BCUT2D eigenvalue weighted by atomic mass is 19.1. The van der Waals surface area contributed by atoms with Crippen molar-refractivity contribution in [3.63, 3.8) is 0 Å². The van der Waals surface area contributed by atoms with Crippen LogP contribution in [0.3, 0.4) is 0 Å². The van der Waals surface area contributed by atoms with Crippen LogP contribution in [0, 0.1) is 17.2 Å². The molecule has 0 bridgehead atoms. The Morgan fingerprint density at radius 1 is 1.10 bits per heavy atom. The van der Waals surface area contributed by atoms with Crippen molar-refractivity contribution >= 4 is 11.6 Å². The first-order chi connectivity index (χ1) is 19.6. The first kappa shape index (κ1) is 26.6. The van der Waals surface area contributed by atoms with Gasteiger partial charge >= 0.3 is 0 Å². The van der Waals surface area contributed by atoms with Crippen LogP contribution in [-0.2, 0) is 4.74 Å². The maximum Gasteiger partial charge on any atom is 0.230 e. The second-order valence-electron chi connectivity index (χ2n) is 10.8. The summed E-state index contributed by atoms with van der Waals surface area (Å²) in [4.78, 5) is 15.7. The highest BCUT2D eigenvalue weighted by molar-refractivity contribution is 5.63. The lowest BCUT2D eigenvalue weighted by Gasteiger charge is -2.37. The number of piperidine rings is 2. The van der Waals surface area contributed by atoms with Crippen LogP contribution in [0.25, 0.3) is 11.4 Å². The third-order valence-corrected chi connectivity index (χ3v) is 8.01. The van der Waals surface area contributed by atoms with E-state index in [4.69, 9.17) is 9.47 Å². The Hall–Kier alpha value is -3.65. The fourth-order valence-corrected chi connectivity index (χ4v) is 5.62. The van der Waals surface area contributed by atoms with Crippen LogP contribution < -0.4 is 15.4 Å². The Morgan fingerprint density at radius 3 is 2.65 bits per heavy atom. The van der Waals surface area contributed by atoms with Gasteiger partial charge in [-0.15, -0.1) is 0 Å². The number of benzene rings is 2. The van der Waals surface area contributed by atoms with Gasteiger partial charge in [-0.2, -0.15) is 10.2 Å². The number of hydrogen-bond donors (Lipinski definition) is 2. The lowest BCUT2D eigenvalue weighted by Crippen LogP contribution is -2.44. The number of nitrogens with one attached hydrogen (secondary N) is 2. The molecule has 2 N–H and O–H groups in total. The SMILES string of the molecule is N#Cc1cc(-c2ncnc(Nc3ccc(C4CCN(CC5COC5)CC4)cc3)n2)ccc1O[C@H]1CCNC[C@H]1F. The average Bonchev–Trinajstić information content (AvgIpc) is 2.97. The molecule has 4 heterocycles. The maximum absolute atomic E-state index is 14.2. The fraction of sp³-hybridized carbons (Fsp3) is 0.467. The van der Waals surface area contributed by atoms with Gasteiger partial charge in [-0.05, 0) is 80.7 Å². The number of hydrogen-bond acceptors (Lipinski definition) is 9. The van der Waals surface area contributed by atoms with Crippen molar-refractivity contribution in [1.82, 2.24) is 25.2 Å². The minimum atomic E-state index is -1.11. The van der Waals surface area contributed by atoms with Gasteiger partial charge in [-0.3, -0.25) is 0 Å². The Balaban J connectivity index is 1.08. The zero-order valence-electron chi connectivity index (χ0n) is 22.4. The minimum Gasteiger partial charge on any atom is -0.486 e. The molecule has 9 nitrogen and oxygen atoms in total. The molecule has 0 saturated carbocycles. The van der Waals surface area contributed by atoms with Crippen LogP contribution in [-0.4, -0.2) is 78.1 Å². The molecule has 1 aromatic heterocycles. The highest BCUT2D eigenvalue weighted by Crippen LogP contribution is 2.31. The van der Waals surface area contributed by atoms with Crippen molar-refractivity contribution in [2.75, 3.05) is 51.3 Å². The summed E-state index contributed by atoms with van der Waals surface area (Å²) in [6, 6.07) is 15.8. The molecule has 2 aromatic carbocycles. The predicted molar refractivity (Wildman–Crippen MR) is 149 cm³/mol. The van der Waals surface area contributed by atoms with Crippen molar-refractivity contribution in [2.45, 2.75) is 37.5 Å². The summed E-state index contributed by atoms with van der Waals surface area (Å²) >= 11 is 0. The van der Waals surface area contributed by atoms with Gasteiger partial charge in [0.1, 0.15) is 30.4 Å². The topological polar surface area (TPSA) is 108 Å². The number of aromatic nitrogens is 3. The largest absolute Gasteiger partial charge is 0.486 e. The van der Waals surface area contributed by atoms with Gasteiger partial charge in [0.2, 0.25) is 5.95 Å². The van der Waals surface area contributed by atoms with E-state index in [1.807, 2.05) is 0 Å². The molecule has 40 heavy (non-hydrogen) atoms. The molecular formula is C30H34FN7O2. The molecule has 0 unspecified atom stereocenters. The third kappa shape index (κ3) is 6.22. The number of alkyl halides is 1. The zero-order valence-corrected chi connectivity index (χ0v) is 22.4. The van der Waals surface area contributed by atoms with E-state index in [9.17, 15) is 9.65 Å². The molecule has 0 radical (unpaired) electrons. The second kappa shape index (κ2) is 12.3.